The fraction of sp³-hybridized carbons (Fsp3) is 0.286. The molecule has 0 radical (unpaired) electrons. The summed E-state index contributed by atoms with van der Waals surface area (Å²) in [6, 6.07) is 5.24. The number of fused-ring (bicyclic) bond motifs is 1. The molecule has 0 fully saturated rings. The Balaban J connectivity index is 2.25. The predicted molar refractivity (Wildman–Crippen MR) is 68.5 cm³/mol. The Morgan fingerprint density at radius 2 is 2.18 bits per heavy atom. The molecule has 1 aromatic carbocycles. The van der Waals surface area contributed by atoms with E-state index in [2.05, 4.69) is 16.4 Å². The Hall–Kier alpha value is -1.61. The second-order valence-corrected chi connectivity index (χ2v) is 4.48. The standard InChI is InChI=1S/C14H15FN2/c1-9-13(10-4-3-7-16-8-10)11-5-2-6-12(15)14(11)17-9/h2,4-6,16-17H,3,7-8H2,1H3. The van der Waals surface area contributed by atoms with E-state index in [1.807, 2.05) is 13.0 Å². The molecule has 0 aliphatic carbocycles. The Morgan fingerprint density at radius 1 is 1.29 bits per heavy atom. The van der Waals surface area contributed by atoms with Crippen molar-refractivity contribution in [3.63, 3.8) is 0 Å². The Morgan fingerprint density at radius 3 is 2.94 bits per heavy atom. The van der Waals surface area contributed by atoms with Crippen LogP contribution in [0.25, 0.3) is 16.5 Å². The molecular formula is C14H15FN2. The molecule has 1 aromatic heterocycles. The summed E-state index contributed by atoms with van der Waals surface area (Å²) in [5.74, 6) is -0.179. The number of benzene rings is 1. The minimum Gasteiger partial charge on any atom is -0.356 e. The van der Waals surface area contributed by atoms with Gasteiger partial charge in [-0.15, -0.1) is 0 Å². The Bertz CT molecular complexity index is 596. The van der Waals surface area contributed by atoms with E-state index in [1.165, 1.54) is 11.6 Å². The number of hydrogen-bond acceptors (Lipinski definition) is 1. The third kappa shape index (κ3) is 1.67. The van der Waals surface area contributed by atoms with Crippen LogP contribution in [0.1, 0.15) is 17.7 Å². The number of halogens is 1. The highest BCUT2D eigenvalue weighted by molar-refractivity contribution is 5.95. The largest absolute Gasteiger partial charge is 0.356 e. The van der Waals surface area contributed by atoms with Crippen molar-refractivity contribution in [2.75, 3.05) is 13.1 Å². The van der Waals surface area contributed by atoms with Crippen molar-refractivity contribution in [2.24, 2.45) is 0 Å². The minimum atomic E-state index is -0.179. The SMILES string of the molecule is Cc1[nH]c2c(F)cccc2c1C1=CCCNC1. The number of nitrogens with one attached hydrogen (secondary N) is 2. The van der Waals surface area contributed by atoms with E-state index < -0.39 is 0 Å². The van der Waals surface area contributed by atoms with Gasteiger partial charge < -0.3 is 10.3 Å². The van der Waals surface area contributed by atoms with Crippen LogP contribution in [0.4, 0.5) is 4.39 Å². The van der Waals surface area contributed by atoms with Gasteiger partial charge in [-0.1, -0.05) is 18.2 Å². The Kier molecular flexibility index (Phi) is 2.48. The van der Waals surface area contributed by atoms with Crippen LogP contribution in [0.2, 0.25) is 0 Å². The van der Waals surface area contributed by atoms with Crippen LogP contribution in [0.15, 0.2) is 24.3 Å². The van der Waals surface area contributed by atoms with E-state index in [0.29, 0.717) is 5.52 Å². The zero-order chi connectivity index (χ0) is 11.8. The van der Waals surface area contributed by atoms with E-state index in [4.69, 9.17) is 0 Å². The van der Waals surface area contributed by atoms with E-state index >= 15 is 0 Å². The van der Waals surface area contributed by atoms with Crippen LogP contribution in [-0.4, -0.2) is 18.1 Å². The molecule has 0 saturated carbocycles. The van der Waals surface area contributed by atoms with Gasteiger partial charge in [-0.3, -0.25) is 0 Å². The summed E-state index contributed by atoms with van der Waals surface area (Å²) in [6.07, 6.45) is 3.29. The van der Waals surface area contributed by atoms with E-state index in [1.54, 1.807) is 6.07 Å². The summed E-state index contributed by atoms with van der Waals surface area (Å²) in [5, 5.41) is 4.34. The van der Waals surface area contributed by atoms with Gasteiger partial charge >= 0.3 is 0 Å². The molecule has 17 heavy (non-hydrogen) atoms. The van der Waals surface area contributed by atoms with Crippen LogP contribution in [0, 0.1) is 12.7 Å². The van der Waals surface area contributed by atoms with Gasteiger partial charge in [0.15, 0.2) is 0 Å². The van der Waals surface area contributed by atoms with Crippen molar-refractivity contribution in [3.05, 3.63) is 41.3 Å². The van der Waals surface area contributed by atoms with Crippen molar-refractivity contribution in [1.29, 1.82) is 0 Å². The summed E-state index contributed by atoms with van der Waals surface area (Å²) in [6.45, 7) is 3.90. The van der Waals surface area contributed by atoms with Gasteiger partial charge in [-0.2, -0.15) is 0 Å². The van der Waals surface area contributed by atoms with E-state index in [9.17, 15) is 4.39 Å². The van der Waals surface area contributed by atoms with Gasteiger partial charge in [0.25, 0.3) is 0 Å². The molecule has 0 saturated heterocycles. The molecule has 2 nitrogen and oxygen atoms in total. The van der Waals surface area contributed by atoms with Gasteiger partial charge in [0.05, 0.1) is 5.52 Å². The third-order valence-electron chi connectivity index (χ3n) is 3.32. The molecule has 2 aromatic rings. The molecular weight excluding hydrogens is 215 g/mol. The fourth-order valence-corrected chi connectivity index (χ4v) is 2.56. The lowest BCUT2D eigenvalue weighted by Gasteiger charge is -2.14. The average Bonchev–Trinajstić information content (AvgIpc) is 2.68. The first-order valence-corrected chi connectivity index (χ1v) is 5.94. The maximum atomic E-state index is 13.7. The van der Waals surface area contributed by atoms with E-state index in [0.717, 1.165) is 36.2 Å². The summed E-state index contributed by atoms with van der Waals surface area (Å²) >= 11 is 0. The maximum absolute atomic E-state index is 13.7. The number of aromatic nitrogens is 1. The highest BCUT2D eigenvalue weighted by Gasteiger charge is 2.15. The van der Waals surface area contributed by atoms with Gasteiger partial charge in [0.2, 0.25) is 0 Å². The molecule has 88 valence electrons. The van der Waals surface area contributed by atoms with Crippen molar-refractivity contribution in [2.45, 2.75) is 13.3 Å². The minimum absolute atomic E-state index is 0.179. The number of hydrogen-bond donors (Lipinski definition) is 2. The summed E-state index contributed by atoms with van der Waals surface area (Å²) in [4.78, 5) is 3.15. The first-order chi connectivity index (χ1) is 8.27. The summed E-state index contributed by atoms with van der Waals surface area (Å²) < 4.78 is 13.7. The van der Waals surface area contributed by atoms with Gasteiger partial charge in [-0.25, -0.2) is 4.39 Å². The summed E-state index contributed by atoms with van der Waals surface area (Å²) in [5.41, 5.74) is 4.09. The molecule has 0 amide bonds. The lowest BCUT2D eigenvalue weighted by atomic mass is 9.99. The average molecular weight is 230 g/mol. The van der Waals surface area contributed by atoms with Crippen LogP contribution in [0.5, 0.6) is 0 Å². The lowest BCUT2D eigenvalue weighted by Crippen LogP contribution is -2.21. The molecule has 0 atom stereocenters. The van der Waals surface area contributed by atoms with Crippen molar-refractivity contribution in [3.8, 4) is 0 Å². The number of H-pyrrole nitrogens is 1. The predicted octanol–water partition coefficient (Wildman–Crippen LogP) is 2.99. The second-order valence-electron chi connectivity index (χ2n) is 4.48. The van der Waals surface area contributed by atoms with Crippen LogP contribution < -0.4 is 5.32 Å². The van der Waals surface area contributed by atoms with E-state index in [-0.39, 0.29) is 5.82 Å². The molecule has 3 heteroatoms. The fourth-order valence-electron chi connectivity index (χ4n) is 2.56. The number of aryl methyl sites for hydroxylation is 1. The number of para-hydroxylation sites is 1. The molecule has 0 spiro atoms. The molecule has 2 N–H and O–H groups in total. The van der Waals surface area contributed by atoms with Gasteiger partial charge in [0, 0.05) is 23.2 Å². The zero-order valence-corrected chi connectivity index (χ0v) is 9.81. The lowest BCUT2D eigenvalue weighted by molar-refractivity contribution is 0.637. The van der Waals surface area contributed by atoms with Gasteiger partial charge in [-0.05, 0) is 31.5 Å². The monoisotopic (exact) mass is 230 g/mol. The third-order valence-corrected chi connectivity index (χ3v) is 3.32. The molecule has 0 unspecified atom stereocenters. The highest BCUT2D eigenvalue weighted by atomic mass is 19.1. The highest BCUT2D eigenvalue weighted by Crippen LogP contribution is 2.30. The smallest absolute Gasteiger partial charge is 0.147 e. The molecule has 2 heterocycles. The molecule has 1 aliphatic heterocycles. The normalized spacial score (nSPS) is 16.2. The quantitative estimate of drug-likeness (QED) is 0.774. The first-order valence-electron chi connectivity index (χ1n) is 5.94. The Labute approximate surface area is 99.5 Å². The van der Waals surface area contributed by atoms with Crippen LogP contribution >= 0.6 is 0 Å². The second kappa shape index (κ2) is 4.00. The van der Waals surface area contributed by atoms with Crippen molar-refractivity contribution in [1.82, 2.24) is 10.3 Å². The molecule has 3 rings (SSSR count). The molecule has 1 aliphatic rings. The zero-order valence-electron chi connectivity index (χ0n) is 9.81. The van der Waals surface area contributed by atoms with Crippen LogP contribution in [-0.2, 0) is 0 Å². The van der Waals surface area contributed by atoms with Gasteiger partial charge in [0.1, 0.15) is 5.82 Å². The molecule has 0 bridgehead atoms. The van der Waals surface area contributed by atoms with Crippen molar-refractivity contribution >= 4 is 16.5 Å². The number of rotatable bonds is 1. The van der Waals surface area contributed by atoms with Crippen molar-refractivity contribution < 1.29 is 4.39 Å². The number of aromatic amines is 1. The topological polar surface area (TPSA) is 27.8 Å². The maximum Gasteiger partial charge on any atom is 0.147 e. The summed E-state index contributed by atoms with van der Waals surface area (Å²) in [7, 11) is 0. The van der Waals surface area contributed by atoms with Crippen LogP contribution in [0.3, 0.4) is 0 Å². The first kappa shape index (κ1) is 10.5.